The Morgan fingerprint density at radius 2 is 1.65 bits per heavy atom. The molecule has 26 heavy (non-hydrogen) atoms. The van der Waals surface area contributed by atoms with Crippen molar-refractivity contribution in [2.45, 2.75) is 13.8 Å². The van der Waals surface area contributed by atoms with Gasteiger partial charge in [0.15, 0.2) is 0 Å². The van der Waals surface area contributed by atoms with Gasteiger partial charge in [0.25, 0.3) is 0 Å². The van der Waals surface area contributed by atoms with Gasteiger partial charge in [-0.2, -0.15) is 0 Å². The van der Waals surface area contributed by atoms with Crippen LogP contribution in [0.25, 0.3) is 0 Å². The van der Waals surface area contributed by atoms with Gasteiger partial charge in [0.05, 0.1) is 0 Å². The van der Waals surface area contributed by atoms with Gasteiger partial charge in [-0.05, 0) is 0 Å². The van der Waals surface area contributed by atoms with Gasteiger partial charge in [-0.25, -0.2) is 0 Å². The number of ether oxygens (including phenoxy) is 2. The summed E-state index contributed by atoms with van der Waals surface area (Å²) in [6.45, 7) is 3.49. The summed E-state index contributed by atoms with van der Waals surface area (Å²) in [5.41, 5.74) is 0. The van der Waals surface area contributed by atoms with Crippen LogP contribution in [-0.4, -0.2) is 54.7 Å². The Morgan fingerprint density at radius 3 is 2.15 bits per heavy atom. The molecule has 2 aliphatic heterocycles. The molecule has 0 aromatic heterocycles. The molecule has 10 nitrogen and oxygen atoms in total. The molecule has 1 aromatic rings. The Morgan fingerprint density at radius 1 is 1.08 bits per heavy atom. The number of hydrogen-bond donors (Lipinski definition) is 0. The summed E-state index contributed by atoms with van der Waals surface area (Å²) < 4.78 is 30.3. The van der Waals surface area contributed by atoms with Crippen molar-refractivity contribution in [2.24, 2.45) is 5.10 Å². The Labute approximate surface area is 150 Å². The first-order chi connectivity index (χ1) is 12.4. The number of amides is 1. The van der Waals surface area contributed by atoms with Gasteiger partial charge in [0, 0.05) is 0 Å². The van der Waals surface area contributed by atoms with Crippen LogP contribution in [0, 0.1) is 0 Å². The van der Waals surface area contributed by atoms with Crippen molar-refractivity contribution in [1.29, 1.82) is 0 Å². The minimum atomic E-state index is -4.60. The topological polar surface area (TPSA) is 99.1 Å². The van der Waals surface area contributed by atoms with Crippen molar-refractivity contribution in [3.8, 4) is 11.5 Å². The summed E-state index contributed by atoms with van der Waals surface area (Å²) in [6.07, 6.45) is -0.869. The van der Waals surface area contributed by atoms with E-state index in [2.05, 4.69) is 5.10 Å². The van der Waals surface area contributed by atoms with Gasteiger partial charge in [-0.15, -0.1) is 0 Å². The Kier molecular flexibility index (Phi) is 4.41. The van der Waals surface area contributed by atoms with E-state index < -0.39 is 25.5 Å². The van der Waals surface area contributed by atoms with Gasteiger partial charge in [0.1, 0.15) is 0 Å². The first-order valence-electron chi connectivity index (χ1n) is 7.99. The number of para-hydroxylation sites is 2. The van der Waals surface area contributed by atoms with Crippen LogP contribution in [0.15, 0.2) is 29.4 Å². The van der Waals surface area contributed by atoms with E-state index in [1.807, 2.05) is 0 Å². The standard InChI is InChI=1S/C15H20N3O7P/c1-5-21-14(19)13-16-18(15(20)22-6-2)26(25-13,17(3)4)23-11-9-7-8-10-12(11)24-26/h7-10H,5-6H2,1-4H3. The maximum absolute atomic E-state index is 12.6. The zero-order chi connectivity index (χ0) is 19.0. The molecule has 1 spiro atoms. The molecule has 0 N–H and O–H groups in total. The molecule has 0 fully saturated rings. The number of esters is 1. The summed E-state index contributed by atoms with van der Waals surface area (Å²) in [5, 5.41) is 3.98. The number of rotatable bonds is 4. The Bertz CT molecular complexity index is 757. The fourth-order valence-electron chi connectivity index (χ4n) is 2.48. The van der Waals surface area contributed by atoms with Crippen LogP contribution in [0.4, 0.5) is 4.79 Å². The summed E-state index contributed by atoms with van der Waals surface area (Å²) >= 11 is 0. The number of fused-ring (bicyclic) bond motifs is 1. The average molecular weight is 385 g/mol. The molecule has 0 bridgehead atoms. The molecule has 3 rings (SSSR count). The predicted molar refractivity (Wildman–Crippen MR) is 92.3 cm³/mol. The van der Waals surface area contributed by atoms with E-state index in [0.29, 0.717) is 11.5 Å². The quantitative estimate of drug-likeness (QED) is 0.576. The number of carbonyl (C=O) groups excluding carboxylic acids is 2. The van der Waals surface area contributed by atoms with E-state index >= 15 is 0 Å². The molecule has 2 heterocycles. The minimum absolute atomic E-state index is 0.0897. The third-order valence-corrected chi connectivity index (χ3v) is 7.38. The van der Waals surface area contributed by atoms with E-state index in [1.165, 1.54) is 4.67 Å². The van der Waals surface area contributed by atoms with E-state index in [9.17, 15) is 9.59 Å². The number of nitrogens with zero attached hydrogens (tertiary/aromatic N) is 3. The molecule has 0 saturated heterocycles. The molecule has 0 aliphatic carbocycles. The number of carbonyl (C=O) groups is 2. The molecule has 142 valence electrons. The zero-order valence-corrected chi connectivity index (χ0v) is 15.8. The normalized spacial score (nSPS) is 20.1. The summed E-state index contributed by atoms with van der Waals surface area (Å²) in [5.74, 6) is -0.575. The number of hydrogen-bond acceptors (Lipinski definition) is 9. The molecule has 0 unspecified atom stereocenters. The van der Waals surface area contributed by atoms with E-state index in [1.54, 1.807) is 52.2 Å². The Hall–Kier alpha value is -2.58. The van der Waals surface area contributed by atoms with Crippen molar-refractivity contribution in [3.05, 3.63) is 24.3 Å². The first kappa shape index (κ1) is 18.2. The van der Waals surface area contributed by atoms with Crippen LogP contribution in [0.1, 0.15) is 13.8 Å². The monoisotopic (exact) mass is 385 g/mol. The molecule has 1 aromatic carbocycles. The number of benzene rings is 1. The van der Waals surface area contributed by atoms with Crippen molar-refractivity contribution < 1.29 is 32.6 Å². The molecular formula is C15H20N3O7P. The predicted octanol–water partition coefficient (Wildman–Crippen LogP) is 2.51. The van der Waals surface area contributed by atoms with E-state index in [4.69, 9.17) is 23.0 Å². The summed E-state index contributed by atoms with van der Waals surface area (Å²) in [7, 11) is -1.41. The third-order valence-electron chi connectivity index (χ3n) is 3.65. The molecule has 2 aliphatic rings. The third kappa shape index (κ3) is 2.45. The van der Waals surface area contributed by atoms with Crippen LogP contribution >= 0.6 is 7.59 Å². The van der Waals surface area contributed by atoms with Crippen molar-refractivity contribution >= 4 is 25.5 Å². The average Bonchev–Trinajstić information content (AvgIpc) is 3.13. The van der Waals surface area contributed by atoms with Gasteiger partial charge < -0.3 is 0 Å². The van der Waals surface area contributed by atoms with Crippen LogP contribution in [-0.2, 0) is 18.8 Å². The first-order valence-corrected chi connectivity index (χ1v) is 9.88. The van der Waals surface area contributed by atoms with Gasteiger partial charge in [0.2, 0.25) is 0 Å². The number of hydrazone groups is 1. The fraction of sp³-hybridized carbons (Fsp3) is 0.400. The van der Waals surface area contributed by atoms with Crippen molar-refractivity contribution in [1.82, 2.24) is 9.45 Å². The molecule has 11 heteroatoms. The van der Waals surface area contributed by atoms with E-state index in [0.717, 1.165) is 4.78 Å². The van der Waals surface area contributed by atoms with Crippen LogP contribution in [0.2, 0.25) is 0 Å². The van der Waals surface area contributed by atoms with Crippen LogP contribution in [0.5, 0.6) is 11.5 Å². The van der Waals surface area contributed by atoms with E-state index in [-0.39, 0.29) is 13.2 Å². The molecule has 0 radical (unpaired) electrons. The van der Waals surface area contributed by atoms with Crippen molar-refractivity contribution in [3.63, 3.8) is 0 Å². The molecule has 1 amide bonds. The molecular weight excluding hydrogens is 365 g/mol. The van der Waals surface area contributed by atoms with Crippen LogP contribution in [0.3, 0.4) is 0 Å². The molecule has 0 atom stereocenters. The molecule has 0 saturated carbocycles. The second-order valence-electron chi connectivity index (χ2n) is 5.48. The van der Waals surface area contributed by atoms with Crippen molar-refractivity contribution in [2.75, 3.05) is 27.3 Å². The second kappa shape index (κ2) is 6.30. The van der Waals surface area contributed by atoms with Crippen LogP contribution < -0.4 is 9.05 Å². The fourth-order valence-corrected chi connectivity index (χ4v) is 5.60. The van der Waals surface area contributed by atoms with Gasteiger partial charge in [-0.1, -0.05) is 0 Å². The second-order valence-corrected chi connectivity index (χ2v) is 8.82. The zero-order valence-electron chi connectivity index (χ0n) is 14.9. The maximum atomic E-state index is 12.6. The summed E-state index contributed by atoms with van der Waals surface area (Å²) in [4.78, 5) is 24.8. The SMILES string of the molecule is CCOC(=O)C1=NN(C(=O)OCC)P2(N(C)C)(O1)Oc1ccccc1O2. The Balaban J connectivity index is 2.11. The van der Waals surface area contributed by atoms with Gasteiger partial charge >= 0.3 is 150 Å². The summed E-state index contributed by atoms with van der Waals surface area (Å²) in [6, 6.07) is 6.81. The van der Waals surface area contributed by atoms with Gasteiger partial charge in [-0.3, -0.25) is 0 Å².